The lowest BCUT2D eigenvalue weighted by atomic mass is 9.75. The molecule has 23 heavy (non-hydrogen) atoms. The summed E-state index contributed by atoms with van der Waals surface area (Å²) in [6.07, 6.45) is 10.3. The predicted octanol–water partition coefficient (Wildman–Crippen LogP) is 4.36. The number of benzene rings is 1. The maximum absolute atomic E-state index is 6.27. The van der Waals surface area contributed by atoms with Crippen LogP contribution in [0.3, 0.4) is 0 Å². The fraction of sp³-hybridized carbons (Fsp3) is 0.150. The average Bonchev–Trinajstić information content (AvgIpc) is 2.94. The summed E-state index contributed by atoms with van der Waals surface area (Å²) < 4.78 is 6.27. The zero-order chi connectivity index (χ0) is 15.6. The molecule has 112 valence electrons. The minimum atomic E-state index is -0.120. The Morgan fingerprint density at radius 3 is 2.91 bits per heavy atom. The molecule has 1 aromatic rings. The molecule has 1 aliphatic carbocycles. The first-order valence-electron chi connectivity index (χ1n) is 7.83. The van der Waals surface area contributed by atoms with Crippen molar-refractivity contribution >= 4 is 17.0 Å². The molecule has 5 rings (SSSR count). The fourth-order valence-electron chi connectivity index (χ4n) is 3.58. The second kappa shape index (κ2) is 4.13. The van der Waals surface area contributed by atoms with Gasteiger partial charge < -0.3 is 10.1 Å². The highest BCUT2D eigenvalue weighted by molar-refractivity contribution is 6.33. The molecule has 0 fully saturated rings. The third-order valence-electron chi connectivity index (χ3n) is 4.64. The van der Waals surface area contributed by atoms with Gasteiger partial charge >= 0.3 is 0 Å². The molecular weight excluding hydrogens is 284 g/mol. The summed E-state index contributed by atoms with van der Waals surface area (Å²) in [4.78, 5) is 4.89. The van der Waals surface area contributed by atoms with Gasteiger partial charge in [-0.3, -0.25) is 4.99 Å². The summed E-state index contributed by atoms with van der Waals surface area (Å²) in [6, 6.07) is 8.29. The van der Waals surface area contributed by atoms with E-state index in [-0.39, 0.29) is 5.41 Å². The zero-order valence-corrected chi connectivity index (χ0v) is 13.1. The Bertz CT molecular complexity index is 936. The minimum absolute atomic E-state index is 0.120. The van der Waals surface area contributed by atoms with E-state index in [9.17, 15) is 0 Å². The summed E-state index contributed by atoms with van der Waals surface area (Å²) in [5.74, 6) is 1.77. The number of nitrogens with one attached hydrogen (secondary N) is 1. The number of dihydropyridines is 1. The lowest BCUT2D eigenvalue weighted by molar-refractivity contribution is 0.318. The van der Waals surface area contributed by atoms with Crippen LogP contribution in [0, 0.1) is 5.41 Å². The Labute approximate surface area is 135 Å². The number of para-hydroxylation sites is 1. The highest BCUT2D eigenvalue weighted by atomic mass is 16.5. The Morgan fingerprint density at radius 2 is 2.00 bits per heavy atom. The van der Waals surface area contributed by atoms with Gasteiger partial charge in [0.05, 0.1) is 11.4 Å². The van der Waals surface area contributed by atoms with Crippen LogP contribution in [0.5, 0.6) is 0 Å². The van der Waals surface area contributed by atoms with Crippen LogP contribution in [-0.4, -0.2) is 5.71 Å². The van der Waals surface area contributed by atoms with E-state index in [4.69, 9.17) is 9.73 Å². The van der Waals surface area contributed by atoms with Gasteiger partial charge in [0.2, 0.25) is 0 Å². The topological polar surface area (TPSA) is 33.6 Å². The molecule has 3 heteroatoms. The van der Waals surface area contributed by atoms with Crippen molar-refractivity contribution in [3.63, 3.8) is 0 Å². The van der Waals surface area contributed by atoms with E-state index in [0.717, 1.165) is 45.2 Å². The molecule has 0 spiro atoms. The van der Waals surface area contributed by atoms with Gasteiger partial charge in [-0.1, -0.05) is 38.1 Å². The molecule has 3 nitrogen and oxygen atoms in total. The number of ether oxygens (including phenoxy) is 1. The molecule has 0 saturated heterocycles. The van der Waals surface area contributed by atoms with Crippen molar-refractivity contribution in [2.24, 2.45) is 10.4 Å². The second-order valence-corrected chi connectivity index (χ2v) is 6.71. The lowest BCUT2D eigenvalue weighted by Gasteiger charge is -2.33. The molecule has 1 N–H and O–H groups in total. The van der Waals surface area contributed by atoms with Crippen molar-refractivity contribution in [2.75, 3.05) is 0 Å². The molecule has 0 unspecified atom stereocenters. The molecule has 0 bridgehead atoms. The number of rotatable bonds is 0. The Kier molecular flexibility index (Phi) is 2.28. The first-order valence-corrected chi connectivity index (χ1v) is 7.83. The van der Waals surface area contributed by atoms with E-state index in [1.165, 1.54) is 0 Å². The molecule has 3 heterocycles. The van der Waals surface area contributed by atoms with Gasteiger partial charge in [-0.15, -0.1) is 0 Å². The normalized spacial score (nSPS) is 22.3. The number of hydrogen-bond acceptors (Lipinski definition) is 3. The van der Waals surface area contributed by atoms with Crippen LogP contribution in [0.1, 0.15) is 19.4 Å². The third kappa shape index (κ3) is 1.67. The second-order valence-electron chi connectivity index (χ2n) is 6.71. The van der Waals surface area contributed by atoms with Crippen molar-refractivity contribution in [1.82, 2.24) is 5.32 Å². The van der Waals surface area contributed by atoms with E-state index in [0.29, 0.717) is 0 Å². The van der Waals surface area contributed by atoms with Crippen LogP contribution in [0.15, 0.2) is 82.6 Å². The van der Waals surface area contributed by atoms with Crippen LogP contribution in [-0.2, 0) is 4.74 Å². The van der Waals surface area contributed by atoms with Crippen molar-refractivity contribution in [3.8, 4) is 0 Å². The number of hydrogen-bond donors (Lipinski definition) is 1. The molecule has 0 amide bonds. The number of aliphatic imine (C=N–C) groups is 1. The zero-order valence-electron chi connectivity index (χ0n) is 13.1. The molecule has 1 aromatic carbocycles. The summed E-state index contributed by atoms with van der Waals surface area (Å²) in [5.41, 5.74) is 6.53. The van der Waals surface area contributed by atoms with Gasteiger partial charge in [-0.25, -0.2) is 0 Å². The summed E-state index contributed by atoms with van der Waals surface area (Å²) in [5, 5.41) is 3.09. The highest BCUT2D eigenvalue weighted by Crippen LogP contribution is 2.50. The van der Waals surface area contributed by atoms with E-state index >= 15 is 0 Å². The standard InChI is InChI=1S/C20H16N2O/c1-20(2)10-13-9-12-7-8-21-11-16(12)23-18(13)17-14-5-3-4-6-15(14)22-19(17)20/h3-11,21H,1-2H3. The molecule has 3 aliphatic heterocycles. The average molecular weight is 300 g/mol. The van der Waals surface area contributed by atoms with Crippen molar-refractivity contribution in [2.45, 2.75) is 13.8 Å². The summed E-state index contributed by atoms with van der Waals surface area (Å²) in [6.45, 7) is 4.42. The van der Waals surface area contributed by atoms with E-state index in [1.54, 1.807) is 0 Å². The first-order chi connectivity index (χ1) is 11.1. The third-order valence-corrected chi connectivity index (χ3v) is 4.64. The Hall–Kier alpha value is -2.81. The summed E-state index contributed by atoms with van der Waals surface area (Å²) in [7, 11) is 0. The fourth-order valence-corrected chi connectivity index (χ4v) is 3.58. The van der Waals surface area contributed by atoms with E-state index in [1.807, 2.05) is 24.5 Å². The van der Waals surface area contributed by atoms with Gasteiger partial charge in [0.25, 0.3) is 0 Å². The number of fused-ring (bicyclic) bond motifs is 5. The van der Waals surface area contributed by atoms with Gasteiger partial charge in [0.1, 0.15) is 5.76 Å². The lowest BCUT2D eigenvalue weighted by Crippen LogP contribution is -2.28. The van der Waals surface area contributed by atoms with Gasteiger partial charge in [0.15, 0.2) is 5.76 Å². The first kappa shape index (κ1) is 12.7. The van der Waals surface area contributed by atoms with Crippen LogP contribution < -0.4 is 5.32 Å². The highest BCUT2D eigenvalue weighted by Gasteiger charge is 2.40. The number of nitrogens with zero attached hydrogens (tertiary/aromatic N) is 1. The summed E-state index contributed by atoms with van der Waals surface area (Å²) >= 11 is 0. The SMILES string of the molecule is CC1(C)C=C2C=C3C=CNC=C3OC2=C2C1=Nc1ccccc12. The van der Waals surface area contributed by atoms with Crippen molar-refractivity contribution in [1.29, 1.82) is 0 Å². The minimum Gasteiger partial charge on any atom is -0.454 e. The number of allylic oxidation sites excluding steroid dienone is 4. The van der Waals surface area contributed by atoms with Crippen molar-refractivity contribution < 1.29 is 4.74 Å². The van der Waals surface area contributed by atoms with Crippen LogP contribution in [0.4, 0.5) is 5.69 Å². The molecule has 0 atom stereocenters. The molecular formula is C20H16N2O. The quantitative estimate of drug-likeness (QED) is 0.772. The molecule has 0 radical (unpaired) electrons. The Morgan fingerprint density at radius 1 is 1.13 bits per heavy atom. The predicted molar refractivity (Wildman–Crippen MR) is 91.8 cm³/mol. The van der Waals surface area contributed by atoms with Gasteiger partial charge in [-0.05, 0) is 18.2 Å². The van der Waals surface area contributed by atoms with E-state index < -0.39 is 0 Å². The van der Waals surface area contributed by atoms with Gasteiger partial charge in [-0.2, -0.15) is 0 Å². The van der Waals surface area contributed by atoms with Crippen LogP contribution in [0.2, 0.25) is 0 Å². The smallest absolute Gasteiger partial charge is 0.150 e. The molecule has 0 saturated carbocycles. The van der Waals surface area contributed by atoms with Crippen molar-refractivity contribution in [3.05, 3.63) is 83.1 Å². The maximum atomic E-state index is 6.27. The van der Waals surface area contributed by atoms with E-state index in [2.05, 4.69) is 49.5 Å². The Balaban J connectivity index is 1.81. The monoisotopic (exact) mass is 300 g/mol. The van der Waals surface area contributed by atoms with Crippen LogP contribution in [0.25, 0.3) is 5.57 Å². The maximum Gasteiger partial charge on any atom is 0.150 e. The molecule has 0 aromatic heterocycles. The van der Waals surface area contributed by atoms with Crippen LogP contribution >= 0.6 is 0 Å². The van der Waals surface area contributed by atoms with Gasteiger partial charge in [0, 0.05) is 40.1 Å². The largest absolute Gasteiger partial charge is 0.454 e. The molecule has 4 aliphatic rings.